The third-order valence-electron chi connectivity index (χ3n) is 6.54. The molecule has 1 aromatic rings. The number of methoxy groups -OCH3 is 1. The molecule has 0 bridgehead atoms. The van der Waals surface area contributed by atoms with Crippen molar-refractivity contribution in [3.8, 4) is 0 Å². The van der Waals surface area contributed by atoms with Gasteiger partial charge in [-0.05, 0) is 36.3 Å². The Morgan fingerprint density at radius 2 is 2.03 bits per heavy atom. The second-order valence-electron chi connectivity index (χ2n) is 9.28. The minimum Gasteiger partial charge on any atom is -0.467 e. The first-order valence-corrected chi connectivity index (χ1v) is 13.9. The van der Waals surface area contributed by atoms with Crippen LogP contribution in [-0.4, -0.2) is 79.6 Å². The molecule has 0 aliphatic carbocycles. The minimum atomic E-state index is -0.645. The van der Waals surface area contributed by atoms with Gasteiger partial charge in [-0.1, -0.05) is 50.6 Å². The smallest absolute Gasteiger partial charge is 0.328 e. The number of carbonyl (C=O) groups is 3. The van der Waals surface area contributed by atoms with Gasteiger partial charge in [0.25, 0.3) is 0 Å². The highest BCUT2D eigenvalue weighted by Gasteiger charge is 2.26. The number of rotatable bonds is 16. The van der Waals surface area contributed by atoms with Crippen molar-refractivity contribution in [2.24, 2.45) is 5.92 Å². The van der Waals surface area contributed by atoms with E-state index in [0.29, 0.717) is 38.4 Å². The first kappa shape index (κ1) is 29.1. The fourth-order valence-corrected chi connectivity index (χ4v) is 4.70. The predicted octanol–water partition coefficient (Wildman–Crippen LogP) is 2.18. The third kappa shape index (κ3) is 10.6. The van der Waals surface area contributed by atoms with Gasteiger partial charge in [0.2, 0.25) is 11.8 Å². The first-order chi connectivity index (χ1) is 16.9. The lowest BCUT2D eigenvalue weighted by Gasteiger charge is -2.32. The zero-order valence-corrected chi connectivity index (χ0v) is 22.4. The summed E-state index contributed by atoms with van der Waals surface area (Å²) in [5, 5.41) is 9.56. The van der Waals surface area contributed by atoms with Crippen LogP contribution in [0.4, 0.5) is 0 Å². The maximum absolute atomic E-state index is 13.0. The minimum absolute atomic E-state index is 0.112. The van der Waals surface area contributed by atoms with E-state index in [1.165, 1.54) is 7.11 Å². The summed E-state index contributed by atoms with van der Waals surface area (Å²) >= 11 is 1.63. The molecule has 1 fully saturated rings. The Labute approximate surface area is 214 Å². The lowest BCUT2D eigenvalue weighted by Crippen LogP contribution is -2.51. The van der Waals surface area contributed by atoms with Crippen molar-refractivity contribution in [1.29, 1.82) is 0 Å². The van der Waals surface area contributed by atoms with E-state index in [9.17, 15) is 14.4 Å². The van der Waals surface area contributed by atoms with Gasteiger partial charge in [-0.15, -0.1) is 0 Å². The van der Waals surface area contributed by atoms with Crippen molar-refractivity contribution in [3.05, 3.63) is 35.9 Å². The maximum Gasteiger partial charge on any atom is 0.328 e. The van der Waals surface area contributed by atoms with Gasteiger partial charge in [0, 0.05) is 38.1 Å². The molecule has 1 aliphatic heterocycles. The normalized spacial score (nSPS) is 18.1. The summed E-state index contributed by atoms with van der Waals surface area (Å²) in [5.74, 6) is 0.646. The molecular weight excluding hydrogens is 464 g/mol. The van der Waals surface area contributed by atoms with Gasteiger partial charge in [0.15, 0.2) is 0 Å². The highest BCUT2D eigenvalue weighted by Crippen LogP contribution is 2.14. The second-order valence-corrected chi connectivity index (χ2v) is 10.3. The summed E-state index contributed by atoms with van der Waals surface area (Å²) in [4.78, 5) is 38.9. The zero-order chi connectivity index (χ0) is 25.6. The van der Waals surface area contributed by atoms with Gasteiger partial charge < -0.3 is 20.7 Å². The van der Waals surface area contributed by atoms with Gasteiger partial charge in [-0.25, -0.2) is 4.79 Å². The lowest BCUT2D eigenvalue weighted by molar-refractivity contribution is -0.145. The molecule has 1 saturated heterocycles. The van der Waals surface area contributed by atoms with E-state index in [0.717, 1.165) is 24.2 Å². The van der Waals surface area contributed by atoms with Gasteiger partial charge in [-0.3, -0.25) is 14.5 Å². The highest BCUT2D eigenvalue weighted by molar-refractivity contribution is 7.98. The van der Waals surface area contributed by atoms with Gasteiger partial charge in [0.05, 0.1) is 13.7 Å². The van der Waals surface area contributed by atoms with Crippen molar-refractivity contribution >= 4 is 29.5 Å². The van der Waals surface area contributed by atoms with Crippen LogP contribution in [0.1, 0.15) is 45.1 Å². The summed E-state index contributed by atoms with van der Waals surface area (Å²) in [6.45, 7) is 6.56. The van der Waals surface area contributed by atoms with Crippen LogP contribution in [0.5, 0.6) is 0 Å². The topological polar surface area (TPSA) is 99.8 Å². The third-order valence-corrected chi connectivity index (χ3v) is 7.19. The van der Waals surface area contributed by atoms with Crippen LogP contribution >= 0.6 is 11.8 Å². The van der Waals surface area contributed by atoms with Crippen LogP contribution in [0, 0.1) is 5.92 Å². The lowest BCUT2D eigenvalue weighted by atomic mass is 9.97. The molecule has 4 atom stereocenters. The summed E-state index contributed by atoms with van der Waals surface area (Å²) in [5.41, 5.74) is 1.12. The SMILES string of the molecule is CC[C@H](C)[C@@H](CN(CC(=O)N[C@@H](CCSC)C(=O)OC)Cc1ccccc1)NC[C@H]1CCC(=O)N1. The van der Waals surface area contributed by atoms with Crippen LogP contribution in [0.3, 0.4) is 0 Å². The molecule has 0 radical (unpaired) electrons. The number of hydrogen-bond donors (Lipinski definition) is 3. The van der Waals surface area contributed by atoms with E-state index >= 15 is 0 Å². The average Bonchev–Trinajstić information content (AvgIpc) is 3.28. The Balaban J connectivity index is 2.09. The molecule has 1 aliphatic rings. The average molecular weight is 507 g/mol. The number of carbonyl (C=O) groups excluding carboxylic acids is 3. The molecular formula is C26H42N4O4S. The molecule has 0 aromatic heterocycles. The summed E-state index contributed by atoms with van der Waals surface area (Å²) in [6.07, 6.45) is 4.93. The van der Waals surface area contributed by atoms with E-state index in [1.807, 2.05) is 24.5 Å². The highest BCUT2D eigenvalue weighted by atomic mass is 32.2. The summed E-state index contributed by atoms with van der Waals surface area (Å²) in [7, 11) is 1.34. The van der Waals surface area contributed by atoms with Crippen LogP contribution in [-0.2, 0) is 25.7 Å². The van der Waals surface area contributed by atoms with Crippen molar-refractivity contribution in [2.45, 2.75) is 64.2 Å². The molecule has 1 heterocycles. The number of esters is 1. The van der Waals surface area contributed by atoms with E-state index in [1.54, 1.807) is 11.8 Å². The molecule has 8 nitrogen and oxygen atoms in total. The van der Waals surface area contributed by atoms with Crippen molar-refractivity contribution < 1.29 is 19.1 Å². The first-order valence-electron chi connectivity index (χ1n) is 12.5. The fourth-order valence-electron chi connectivity index (χ4n) is 4.23. The molecule has 0 spiro atoms. The number of ether oxygens (including phenoxy) is 1. The number of nitrogens with zero attached hydrogens (tertiary/aromatic N) is 1. The van der Waals surface area contributed by atoms with Gasteiger partial charge >= 0.3 is 5.97 Å². The van der Waals surface area contributed by atoms with E-state index in [4.69, 9.17) is 4.74 Å². The standard InChI is InChI=1S/C26H42N4O4S/c1-5-19(2)23(27-15-21-11-12-24(31)28-21)17-30(16-20-9-7-6-8-10-20)18-25(32)29-22(13-14-35-4)26(33)34-3/h6-10,19,21-23,27H,5,11-18H2,1-4H3,(H,28,31)(H,29,32)/t19-,21+,22-,23+/m0/s1. The molecule has 35 heavy (non-hydrogen) atoms. The van der Waals surface area contributed by atoms with Gasteiger partial charge in [-0.2, -0.15) is 11.8 Å². The van der Waals surface area contributed by atoms with E-state index in [-0.39, 0.29) is 30.4 Å². The fraction of sp³-hybridized carbons (Fsp3) is 0.654. The largest absolute Gasteiger partial charge is 0.467 e. The zero-order valence-electron chi connectivity index (χ0n) is 21.5. The molecule has 196 valence electrons. The number of nitrogens with one attached hydrogen (secondary N) is 3. The van der Waals surface area contributed by atoms with Crippen LogP contribution in [0.25, 0.3) is 0 Å². The molecule has 1 aromatic carbocycles. The van der Waals surface area contributed by atoms with E-state index in [2.05, 4.69) is 46.8 Å². The van der Waals surface area contributed by atoms with E-state index < -0.39 is 12.0 Å². The number of benzene rings is 1. The Kier molecular flexibility index (Phi) is 13.2. The molecule has 2 rings (SSSR count). The predicted molar refractivity (Wildman–Crippen MR) is 141 cm³/mol. The molecule has 9 heteroatoms. The van der Waals surface area contributed by atoms with Crippen molar-refractivity contribution in [3.63, 3.8) is 0 Å². The molecule has 3 N–H and O–H groups in total. The van der Waals surface area contributed by atoms with Crippen LogP contribution < -0.4 is 16.0 Å². The van der Waals surface area contributed by atoms with Gasteiger partial charge in [0.1, 0.15) is 6.04 Å². The monoisotopic (exact) mass is 506 g/mol. The number of thioether (sulfide) groups is 1. The maximum atomic E-state index is 13.0. The van der Waals surface area contributed by atoms with Crippen molar-refractivity contribution in [1.82, 2.24) is 20.9 Å². The number of hydrogen-bond acceptors (Lipinski definition) is 7. The van der Waals surface area contributed by atoms with Crippen LogP contribution in [0.2, 0.25) is 0 Å². The number of amides is 2. The quantitative estimate of drug-likeness (QED) is 0.296. The summed E-state index contributed by atoms with van der Waals surface area (Å²) in [6, 6.07) is 9.74. The summed E-state index contributed by atoms with van der Waals surface area (Å²) < 4.78 is 4.89. The Hall–Kier alpha value is -2.10. The molecule has 2 amide bonds. The Morgan fingerprint density at radius 3 is 2.63 bits per heavy atom. The Bertz CT molecular complexity index is 795. The molecule has 0 saturated carbocycles. The Morgan fingerprint density at radius 1 is 1.29 bits per heavy atom. The van der Waals surface area contributed by atoms with Crippen molar-refractivity contribution in [2.75, 3.05) is 38.8 Å². The second kappa shape index (κ2) is 15.8. The molecule has 0 unspecified atom stereocenters. The van der Waals surface area contributed by atoms with Crippen LogP contribution in [0.15, 0.2) is 30.3 Å².